The van der Waals surface area contributed by atoms with E-state index in [0.29, 0.717) is 28.7 Å². The van der Waals surface area contributed by atoms with E-state index in [1.54, 1.807) is 47.4 Å². The minimum atomic E-state index is -0.421. The molecule has 3 aromatic rings. The van der Waals surface area contributed by atoms with Gasteiger partial charge in [0.25, 0.3) is 0 Å². The van der Waals surface area contributed by atoms with Crippen LogP contribution in [0.1, 0.15) is 6.42 Å². The maximum Gasteiger partial charge on any atom is 0.229 e. The number of hydrogen-bond acceptors (Lipinski definition) is 3. The van der Waals surface area contributed by atoms with Gasteiger partial charge in [0.05, 0.1) is 5.92 Å². The van der Waals surface area contributed by atoms with Crippen LogP contribution in [-0.4, -0.2) is 18.4 Å². The highest BCUT2D eigenvalue weighted by atomic mass is 79.9. The van der Waals surface area contributed by atoms with E-state index < -0.39 is 5.92 Å². The third-order valence-electron chi connectivity index (χ3n) is 4.79. The zero-order valence-electron chi connectivity index (χ0n) is 15.8. The van der Waals surface area contributed by atoms with Crippen LogP contribution in [0.25, 0.3) is 0 Å². The number of anilines is 2. The number of benzene rings is 3. The third-order valence-corrected chi connectivity index (χ3v) is 5.55. The summed E-state index contributed by atoms with van der Waals surface area (Å²) in [5, 5.41) is 3.44. The van der Waals surface area contributed by atoms with Crippen molar-refractivity contribution in [2.24, 2.45) is 5.92 Å². The summed E-state index contributed by atoms with van der Waals surface area (Å²) in [6.45, 7) is 0.329. The normalized spacial score (nSPS) is 15.9. The molecule has 7 heteroatoms. The van der Waals surface area contributed by atoms with Crippen LogP contribution in [0.5, 0.6) is 11.5 Å². The summed E-state index contributed by atoms with van der Waals surface area (Å²) in [5.74, 6) is 0.694. The first-order valence-corrected chi connectivity index (χ1v) is 10.6. The number of halogens is 2. The van der Waals surface area contributed by atoms with Crippen molar-refractivity contribution in [3.8, 4) is 11.5 Å². The average molecular weight is 486 g/mol. The van der Waals surface area contributed by atoms with Gasteiger partial charge in [-0.15, -0.1) is 0 Å². The van der Waals surface area contributed by atoms with Gasteiger partial charge in [0.15, 0.2) is 0 Å². The first-order chi connectivity index (χ1) is 14.5. The smallest absolute Gasteiger partial charge is 0.229 e. The SMILES string of the molecule is O=C(Nc1ccc(Oc2ccc(Br)cc2)cc1)[C@H]1CC(=O)N(c2cccc(Cl)c2)C1. The van der Waals surface area contributed by atoms with E-state index >= 15 is 0 Å². The number of ether oxygens (including phenoxy) is 1. The summed E-state index contributed by atoms with van der Waals surface area (Å²) < 4.78 is 6.76. The molecule has 1 aliphatic rings. The Morgan fingerprint density at radius 1 is 1.03 bits per heavy atom. The monoisotopic (exact) mass is 484 g/mol. The number of nitrogens with zero attached hydrogens (tertiary/aromatic N) is 1. The zero-order valence-corrected chi connectivity index (χ0v) is 18.2. The topological polar surface area (TPSA) is 58.6 Å². The molecular weight excluding hydrogens is 468 g/mol. The van der Waals surface area contributed by atoms with E-state index in [4.69, 9.17) is 16.3 Å². The molecule has 0 aromatic heterocycles. The number of amides is 2. The van der Waals surface area contributed by atoms with Crippen molar-refractivity contribution < 1.29 is 14.3 Å². The van der Waals surface area contributed by atoms with Crippen LogP contribution in [0.4, 0.5) is 11.4 Å². The molecule has 3 aromatic carbocycles. The largest absolute Gasteiger partial charge is 0.457 e. The lowest BCUT2D eigenvalue weighted by Crippen LogP contribution is -2.28. The molecule has 4 rings (SSSR count). The zero-order chi connectivity index (χ0) is 21.1. The summed E-state index contributed by atoms with van der Waals surface area (Å²) in [5.41, 5.74) is 1.36. The van der Waals surface area contributed by atoms with Gasteiger partial charge >= 0.3 is 0 Å². The first-order valence-electron chi connectivity index (χ1n) is 9.38. The molecule has 0 saturated carbocycles. The van der Waals surface area contributed by atoms with Crippen LogP contribution >= 0.6 is 27.5 Å². The van der Waals surface area contributed by atoms with Crippen molar-refractivity contribution in [3.63, 3.8) is 0 Å². The van der Waals surface area contributed by atoms with E-state index in [1.165, 1.54) is 0 Å². The standard InChI is InChI=1S/C23H18BrClN2O3/c24-16-4-8-20(9-5-16)30-21-10-6-18(7-11-21)26-23(29)15-12-22(28)27(14-15)19-3-1-2-17(25)13-19/h1-11,13,15H,12,14H2,(H,26,29)/t15-/m0/s1. The molecule has 1 saturated heterocycles. The van der Waals surface area contributed by atoms with Gasteiger partial charge in [-0.2, -0.15) is 0 Å². The molecule has 1 fully saturated rings. The summed E-state index contributed by atoms with van der Waals surface area (Å²) in [4.78, 5) is 26.6. The second kappa shape index (κ2) is 8.90. The van der Waals surface area contributed by atoms with Crippen molar-refractivity contribution >= 4 is 50.7 Å². The molecule has 0 bridgehead atoms. The number of hydrogen-bond donors (Lipinski definition) is 1. The highest BCUT2D eigenvalue weighted by molar-refractivity contribution is 9.10. The molecular formula is C23H18BrClN2O3. The quantitative estimate of drug-likeness (QED) is 0.490. The highest BCUT2D eigenvalue weighted by Crippen LogP contribution is 2.29. The van der Waals surface area contributed by atoms with E-state index in [0.717, 1.165) is 10.2 Å². The van der Waals surface area contributed by atoms with Gasteiger partial charge < -0.3 is 15.0 Å². The Morgan fingerprint density at radius 3 is 2.37 bits per heavy atom. The van der Waals surface area contributed by atoms with Gasteiger partial charge in [0.1, 0.15) is 11.5 Å². The van der Waals surface area contributed by atoms with Gasteiger partial charge in [-0.25, -0.2) is 0 Å². The lowest BCUT2D eigenvalue weighted by atomic mass is 10.1. The number of nitrogens with one attached hydrogen (secondary N) is 1. The molecule has 30 heavy (non-hydrogen) atoms. The number of rotatable bonds is 5. The molecule has 152 valence electrons. The summed E-state index contributed by atoms with van der Waals surface area (Å²) >= 11 is 9.41. The summed E-state index contributed by atoms with van der Waals surface area (Å²) in [6.07, 6.45) is 0.170. The van der Waals surface area contributed by atoms with Crippen LogP contribution < -0.4 is 15.0 Å². The van der Waals surface area contributed by atoms with Crippen molar-refractivity contribution in [1.82, 2.24) is 0 Å². The molecule has 1 atom stereocenters. The van der Waals surface area contributed by atoms with Gasteiger partial charge in [0, 0.05) is 33.8 Å². The Balaban J connectivity index is 1.37. The van der Waals surface area contributed by atoms with E-state index in [1.807, 2.05) is 30.3 Å². The lowest BCUT2D eigenvalue weighted by molar-refractivity contribution is -0.122. The second-order valence-electron chi connectivity index (χ2n) is 6.95. The van der Waals surface area contributed by atoms with Gasteiger partial charge in [-0.3, -0.25) is 9.59 Å². The Bertz CT molecular complexity index is 1070. The fourth-order valence-corrected chi connectivity index (χ4v) is 3.71. The molecule has 1 N–H and O–H groups in total. The molecule has 5 nitrogen and oxygen atoms in total. The van der Waals surface area contributed by atoms with E-state index in [2.05, 4.69) is 21.2 Å². The summed E-state index contributed by atoms with van der Waals surface area (Å²) in [7, 11) is 0. The van der Waals surface area contributed by atoms with E-state index in [9.17, 15) is 9.59 Å². The average Bonchev–Trinajstić information content (AvgIpc) is 3.13. The number of carbonyl (C=O) groups is 2. The Morgan fingerprint density at radius 2 is 1.70 bits per heavy atom. The molecule has 0 radical (unpaired) electrons. The van der Waals surface area contributed by atoms with E-state index in [-0.39, 0.29) is 18.2 Å². The van der Waals surface area contributed by atoms with Crippen LogP contribution in [0.3, 0.4) is 0 Å². The van der Waals surface area contributed by atoms with Crippen LogP contribution in [-0.2, 0) is 9.59 Å². The fourth-order valence-electron chi connectivity index (χ4n) is 3.27. The highest BCUT2D eigenvalue weighted by Gasteiger charge is 2.35. The Labute approximate surface area is 187 Å². The van der Waals surface area contributed by atoms with Crippen LogP contribution in [0.2, 0.25) is 5.02 Å². The van der Waals surface area contributed by atoms with Gasteiger partial charge in [0.2, 0.25) is 11.8 Å². The molecule has 1 heterocycles. The molecule has 1 aliphatic heterocycles. The molecule has 2 amide bonds. The molecule has 0 spiro atoms. The van der Waals surface area contributed by atoms with Gasteiger partial charge in [-0.05, 0) is 66.7 Å². The van der Waals surface area contributed by atoms with Crippen LogP contribution in [0, 0.1) is 5.92 Å². The van der Waals surface area contributed by atoms with Crippen molar-refractivity contribution in [2.45, 2.75) is 6.42 Å². The van der Waals surface area contributed by atoms with Crippen molar-refractivity contribution in [1.29, 1.82) is 0 Å². The van der Waals surface area contributed by atoms with Gasteiger partial charge in [-0.1, -0.05) is 33.6 Å². The molecule has 0 aliphatic carbocycles. The van der Waals surface area contributed by atoms with Crippen LogP contribution in [0.15, 0.2) is 77.3 Å². The molecule has 0 unspecified atom stereocenters. The van der Waals surface area contributed by atoms with Crippen molar-refractivity contribution in [2.75, 3.05) is 16.8 Å². The minimum Gasteiger partial charge on any atom is -0.457 e. The Hall–Kier alpha value is -2.83. The predicted octanol–water partition coefficient (Wildman–Crippen LogP) is 5.89. The maximum absolute atomic E-state index is 12.7. The predicted molar refractivity (Wildman–Crippen MR) is 121 cm³/mol. The second-order valence-corrected chi connectivity index (χ2v) is 8.31. The summed E-state index contributed by atoms with van der Waals surface area (Å²) in [6, 6.07) is 21.7. The van der Waals surface area contributed by atoms with Crippen molar-refractivity contribution in [3.05, 3.63) is 82.3 Å². The maximum atomic E-state index is 12.7. The lowest BCUT2D eigenvalue weighted by Gasteiger charge is -2.17. The number of carbonyl (C=O) groups excluding carboxylic acids is 2. The third kappa shape index (κ3) is 4.83. The fraction of sp³-hybridized carbons (Fsp3) is 0.130. The Kier molecular flexibility index (Phi) is 6.06. The minimum absolute atomic E-state index is 0.0873. The first kappa shape index (κ1) is 20.4.